The van der Waals surface area contributed by atoms with Crippen molar-refractivity contribution in [1.29, 1.82) is 10.5 Å². The van der Waals surface area contributed by atoms with Crippen molar-refractivity contribution in [2.24, 2.45) is 7.05 Å². The fraction of sp³-hybridized carbons (Fsp3) is 0.154. The lowest BCUT2D eigenvalue weighted by Crippen LogP contribution is -2.17. The van der Waals surface area contributed by atoms with Gasteiger partial charge < -0.3 is 0 Å². The van der Waals surface area contributed by atoms with Crippen LogP contribution in [0.2, 0.25) is 0 Å². The first-order valence-corrected chi connectivity index (χ1v) is 7.33. The van der Waals surface area contributed by atoms with Gasteiger partial charge in [-0.3, -0.25) is 9.40 Å². The van der Waals surface area contributed by atoms with Gasteiger partial charge in [0.05, 0.1) is 22.7 Å². The number of hydrogen-bond donors (Lipinski definition) is 1. The van der Waals surface area contributed by atoms with Gasteiger partial charge in [0, 0.05) is 7.05 Å². The van der Waals surface area contributed by atoms with E-state index >= 15 is 0 Å². The smallest absolute Gasteiger partial charge is 0.262 e. The summed E-state index contributed by atoms with van der Waals surface area (Å²) in [7, 11) is -2.39. The van der Waals surface area contributed by atoms with E-state index in [2.05, 4.69) is 9.82 Å². The van der Waals surface area contributed by atoms with E-state index in [1.54, 1.807) is 19.1 Å². The van der Waals surface area contributed by atoms with Crippen molar-refractivity contribution in [3.8, 4) is 12.1 Å². The lowest BCUT2D eigenvalue weighted by Gasteiger charge is -2.11. The van der Waals surface area contributed by atoms with E-state index in [9.17, 15) is 8.42 Å². The third-order valence-electron chi connectivity index (χ3n) is 2.90. The van der Waals surface area contributed by atoms with E-state index in [0.717, 1.165) is 0 Å². The Morgan fingerprint density at radius 2 is 2.00 bits per heavy atom. The highest BCUT2D eigenvalue weighted by atomic mass is 32.2. The average molecular weight is 301 g/mol. The Labute approximate surface area is 122 Å². The van der Waals surface area contributed by atoms with Gasteiger partial charge >= 0.3 is 0 Å². The average Bonchev–Trinajstić information content (AvgIpc) is 2.79. The Balaban J connectivity index is 2.52. The van der Waals surface area contributed by atoms with Crippen LogP contribution in [0.15, 0.2) is 29.3 Å². The Kier molecular flexibility index (Phi) is 3.66. The Morgan fingerprint density at radius 3 is 2.62 bits per heavy atom. The predicted octanol–water partition coefficient (Wildman–Crippen LogP) is 1.27. The minimum Gasteiger partial charge on any atom is -0.262 e. The van der Waals surface area contributed by atoms with Crippen LogP contribution in [0.1, 0.15) is 16.7 Å². The summed E-state index contributed by atoms with van der Waals surface area (Å²) in [6.45, 7) is 1.63. The number of hydrogen-bond acceptors (Lipinski definition) is 5. The molecule has 2 rings (SSSR count). The molecule has 1 heterocycles. The van der Waals surface area contributed by atoms with Crippen LogP contribution in [-0.2, 0) is 17.1 Å². The molecule has 2 aromatic rings. The Morgan fingerprint density at radius 1 is 1.29 bits per heavy atom. The zero-order chi connectivity index (χ0) is 15.6. The van der Waals surface area contributed by atoms with Crippen molar-refractivity contribution < 1.29 is 8.42 Å². The molecule has 0 spiro atoms. The topological polar surface area (TPSA) is 112 Å². The number of aryl methyl sites for hydroxylation is 2. The first-order valence-electron chi connectivity index (χ1n) is 5.84. The van der Waals surface area contributed by atoms with Gasteiger partial charge in [-0.25, -0.2) is 8.42 Å². The van der Waals surface area contributed by atoms with Gasteiger partial charge in [-0.15, -0.1) is 0 Å². The number of benzene rings is 1. The molecule has 8 heteroatoms. The Hall–Kier alpha value is -2.84. The molecule has 0 fully saturated rings. The van der Waals surface area contributed by atoms with Crippen LogP contribution < -0.4 is 4.72 Å². The Bertz CT molecular complexity index is 884. The molecule has 0 radical (unpaired) electrons. The third-order valence-corrected chi connectivity index (χ3v) is 4.38. The monoisotopic (exact) mass is 301 g/mol. The van der Waals surface area contributed by atoms with E-state index in [0.29, 0.717) is 5.56 Å². The molecule has 7 nitrogen and oxygen atoms in total. The van der Waals surface area contributed by atoms with Crippen LogP contribution in [0.5, 0.6) is 0 Å². The first-order chi connectivity index (χ1) is 9.89. The van der Waals surface area contributed by atoms with E-state index in [-0.39, 0.29) is 21.8 Å². The number of nitrogens with zero attached hydrogens (tertiary/aromatic N) is 4. The molecule has 0 bridgehead atoms. The van der Waals surface area contributed by atoms with Crippen LogP contribution in [-0.4, -0.2) is 18.2 Å². The molecule has 21 heavy (non-hydrogen) atoms. The lowest BCUT2D eigenvalue weighted by atomic mass is 10.2. The maximum Gasteiger partial charge on any atom is 0.263 e. The summed E-state index contributed by atoms with van der Waals surface area (Å²) in [6, 6.07) is 8.15. The zero-order valence-corrected chi connectivity index (χ0v) is 12.1. The number of anilines is 1. The molecular formula is C13H11N5O2S. The van der Waals surface area contributed by atoms with Crippen LogP contribution in [0.25, 0.3) is 0 Å². The quantitative estimate of drug-likeness (QED) is 0.917. The van der Waals surface area contributed by atoms with Gasteiger partial charge in [-0.05, 0) is 24.6 Å². The second kappa shape index (κ2) is 5.27. The molecule has 0 amide bonds. The second-order valence-corrected chi connectivity index (χ2v) is 5.99. The molecular weight excluding hydrogens is 290 g/mol. The number of rotatable bonds is 3. The van der Waals surface area contributed by atoms with Crippen LogP contribution >= 0.6 is 0 Å². The summed E-state index contributed by atoms with van der Waals surface area (Å²) in [4.78, 5) is -0.00774. The van der Waals surface area contributed by atoms with Gasteiger partial charge in [0.15, 0.2) is 5.82 Å². The molecule has 0 aliphatic heterocycles. The summed E-state index contributed by atoms with van der Waals surface area (Å²) in [6.07, 6.45) is 1.27. The first kappa shape index (κ1) is 14.6. The molecule has 0 aliphatic carbocycles. The maximum absolute atomic E-state index is 12.4. The van der Waals surface area contributed by atoms with Crippen LogP contribution in [0, 0.1) is 29.6 Å². The van der Waals surface area contributed by atoms with Crippen LogP contribution in [0.4, 0.5) is 5.82 Å². The third kappa shape index (κ3) is 2.71. The van der Waals surface area contributed by atoms with Crippen molar-refractivity contribution in [3.05, 3.63) is 41.1 Å². The highest BCUT2D eigenvalue weighted by molar-refractivity contribution is 7.92. The van der Waals surface area contributed by atoms with Crippen molar-refractivity contribution in [2.75, 3.05) is 4.72 Å². The van der Waals surface area contributed by atoms with Gasteiger partial charge in [0.25, 0.3) is 10.0 Å². The van der Waals surface area contributed by atoms with Crippen molar-refractivity contribution in [1.82, 2.24) is 9.78 Å². The summed E-state index contributed by atoms with van der Waals surface area (Å²) >= 11 is 0. The van der Waals surface area contributed by atoms with Crippen LogP contribution in [0.3, 0.4) is 0 Å². The minimum atomic E-state index is -3.91. The molecule has 0 saturated heterocycles. The van der Waals surface area contributed by atoms with E-state index in [4.69, 9.17) is 10.5 Å². The zero-order valence-electron chi connectivity index (χ0n) is 11.3. The van der Waals surface area contributed by atoms with Gasteiger partial charge in [-0.2, -0.15) is 15.6 Å². The summed E-state index contributed by atoms with van der Waals surface area (Å²) < 4.78 is 28.5. The highest BCUT2D eigenvalue weighted by Gasteiger charge is 2.21. The predicted molar refractivity (Wildman–Crippen MR) is 74.6 cm³/mol. The summed E-state index contributed by atoms with van der Waals surface area (Å²) in [5, 5.41) is 21.7. The van der Waals surface area contributed by atoms with Gasteiger partial charge in [0.2, 0.25) is 0 Å². The molecule has 0 atom stereocenters. The molecule has 1 aromatic carbocycles. The van der Waals surface area contributed by atoms with Gasteiger partial charge in [0.1, 0.15) is 11.6 Å². The normalized spacial score (nSPS) is 10.7. The van der Waals surface area contributed by atoms with Gasteiger partial charge in [-0.1, -0.05) is 6.07 Å². The fourth-order valence-corrected chi connectivity index (χ4v) is 3.16. The van der Waals surface area contributed by atoms with Crippen molar-refractivity contribution in [2.45, 2.75) is 11.8 Å². The SMILES string of the molecule is Cc1ccc(C#N)cc1S(=O)(=O)Nc1c(C#N)cnn1C. The number of nitriles is 2. The van der Waals surface area contributed by atoms with E-state index in [1.165, 1.54) is 24.0 Å². The van der Waals surface area contributed by atoms with E-state index in [1.807, 2.05) is 12.1 Å². The minimum absolute atomic E-state index is 0.00774. The molecule has 0 unspecified atom stereocenters. The molecule has 0 saturated carbocycles. The largest absolute Gasteiger partial charge is 0.263 e. The van der Waals surface area contributed by atoms with Crippen molar-refractivity contribution >= 4 is 15.8 Å². The number of nitrogens with one attached hydrogen (secondary N) is 1. The standard InChI is InChI=1S/C13H11N5O2S/c1-9-3-4-10(6-14)5-12(9)21(19,20)17-13-11(7-15)8-16-18(13)2/h3-5,8,17H,1-2H3. The second-order valence-electron chi connectivity index (χ2n) is 4.34. The molecule has 1 N–H and O–H groups in total. The van der Waals surface area contributed by atoms with Crippen molar-refractivity contribution in [3.63, 3.8) is 0 Å². The number of aromatic nitrogens is 2. The lowest BCUT2D eigenvalue weighted by molar-refractivity contribution is 0.599. The summed E-state index contributed by atoms with van der Waals surface area (Å²) in [5.41, 5.74) is 0.865. The highest BCUT2D eigenvalue weighted by Crippen LogP contribution is 2.22. The summed E-state index contributed by atoms with van der Waals surface area (Å²) in [5.74, 6) is 0.0826. The molecule has 1 aromatic heterocycles. The molecule has 0 aliphatic rings. The molecule has 106 valence electrons. The fourth-order valence-electron chi connectivity index (χ4n) is 1.78. The van der Waals surface area contributed by atoms with E-state index < -0.39 is 10.0 Å². The maximum atomic E-state index is 12.4. The number of sulfonamides is 1.